The van der Waals surface area contributed by atoms with Gasteiger partial charge in [-0.25, -0.2) is 4.99 Å². The summed E-state index contributed by atoms with van der Waals surface area (Å²) in [7, 11) is 1.99. The van der Waals surface area contributed by atoms with Crippen LogP contribution in [0, 0.1) is 6.92 Å². The van der Waals surface area contributed by atoms with Crippen molar-refractivity contribution in [3.63, 3.8) is 0 Å². The van der Waals surface area contributed by atoms with Crippen molar-refractivity contribution >= 4 is 17.7 Å². The average molecular weight is 380 g/mol. The topological polar surface area (TPSA) is 70.4 Å². The molecule has 2 N–H and O–H groups in total. The summed E-state index contributed by atoms with van der Waals surface area (Å²) in [5.41, 5.74) is 0. The van der Waals surface area contributed by atoms with Crippen LogP contribution in [-0.4, -0.2) is 68.8 Å². The van der Waals surface area contributed by atoms with Crippen LogP contribution in [0.3, 0.4) is 0 Å². The second-order valence-electron chi connectivity index (χ2n) is 7.21. The third-order valence-corrected chi connectivity index (χ3v) is 6.89. The Hall–Kier alpha value is -1.28. The van der Waals surface area contributed by atoms with Crippen LogP contribution >= 0.6 is 11.8 Å². The van der Waals surface area contributed by atoms with Gasteiger partial charge in [-0.1, -0.05) is 6.92 Å². The van der Waals surface area contributed by atoms with Crippen LogP contribution in [0.15, 0.2) is 4.99 Å². The lowest BCUT2D eigenvalue weighted by Crippen LogP contribution is -2.46. The summed E-state index contributed by atoms with van der Waals surface area (Å²) in [4.78, 5) is 7.34. The van der Waals surface area contributed by atoms with Crippen molar-refractivity contribution in [2.24, 2.45) is 12.0 Å². The number of likely N-dealkylation sites (N-methyl/N-ethyl adjacent to an activating group) is 1. The summed E-state index contributed by atoms with van der Waals surface area (Å²) in [5, 5.41) is 16.2. The zero-order valence-electron chi connectivity index (χ0n) is 16.4. The summed E-state index contributed by atoms with van der Waals surface area (Å²) in [5.74, 6) is 4.01. The molecular weight excluding hydrogens is 346 g/mol. The lowest BCUT2D eigenvalue weighted by atomic mass is 10.2. The predicted octanol–water partition coefficient (Wildman–Crippen LogP) is 1.54. The summed E-state index contributed by atoms with van der Waals surface area (Å²) in [6.45, 7) is 9.05. The van der Waals surface area contributed by atoms with Gasteiger partial charge in [0, 0.05) is 31.4 Å². The maximum absolute atomic E-state index is 4.78. The maximum Gasteiger partial charge on any atom is 0.191 e. The van der Waals surface area contributed by atoms with Gasteiger partial charge < -0.3 is 15.2 Å². The molecular formula is C18H33N7S. The quantitative estimate of drug-likeness (QED) is 0.553. The van der Waals surface area contributed by atoms with Crippen LogP contribution in [0.25, 0.3) is 0 Å². The van der Waals surface area contributed by atoms with Gasteiger partial charge in [-0.15, -0.1) is 10.2 Å². The van der Waals surface area contributed by atoms with Crippen molar-refractivity contribution in [3.8, 4) is 0 Å². The van der Waals surface area contributed by atoms with E-state index in [1.165, 1.54) is 38.0 Å². The Labute approximate surface area is 161 Å². The molecule has 2 fully saturated rings. The number of aliphatic imine (C=N–C) groups is 1. The Kier molecular flexibility index (Phi) is 7.19. The molecule has 1 aromatic rings. The number of thioether (sulfide) groups is 1. The van der Waals surface area contributed by atoms with E-state index in [0.717, 1.165) is 37.2 Å². The number of hydrogen-bond acceptors (Lipinski definition) is 5. The molecule has 0 aromatic carbocycles. The number of guanidine groups is 1. The van der Waals surface area contributed by atoms with Gasteiger partial charge in [-0.05, 0) is 51.4 Å². The maximum atomic E-state index is 4.78. The number of likely N-dealkylation sites (tertiary alicyclic amines) is 1. The van der Waals surface area contributed by atoms with Crippen LogP contribution in [0.4, 0.5) is 0 Å². The molecule has 146 valence electrons. The molecule has 7 nitrogen and oxygen atoms in total. The molecule has 3 rings (SSSR count). The minimum Gasteiger partial charge on any atom is -0.355 e. The molecule has 2 saturated heterocycles. The van der Waals surface area contributed by atoms with Crippen molar-refractivity contribution in [1.29, 1.82) is 0 Å². The third-order valence-electron chi connectivity index (χ3n) is 5.49. The van der Waals surface area contributed by atoms with E-state index in [0.29, 0.717) is 17.8 Å². The number of hydrogen-bond donors (Lipinski definition) is 2. The van der Waals surface area contributed by atoms with Gasteiger partial charge in [0.25, 0.3) is 0 Å². The number of aromatic nitrogens is 3. The molecule has 2 aliphatic rings. The fraction of sp³-hybridized carbons (Fsp3) is 0.833. The smallest absolute Gasteiger partial charge is 0.191 e. The molecule has 0 saturated carbocycles. The fourth-order valence-corrected chi connectivity index (χ4v) is 4.89. The largest absolute Gasteiger partial charge is 0.355 e. The molecule has 0 aliphatic carbocycles. The summed E-state index contributed by atoms with van der Waals surface area (Å²) >= 11 is 2.07. The molecule has 0 bridgehead atoms. The van der Waals surface area contributed by atoms with Gasteiger partial charge >= 0.3 is 0 Å². The number of nitrogens with zero attached hydrogens (tertiary/aromatic N) is 5. The van der Waals surface area contributed by atoms with E-state index < -0.39 is 0 Å². The molecule has 1 aromatic heterocycles. The van der Waals surface area contributed by atoms with Crippen molar-refractivity contribution < 1.29 is 0 Å². The van der Waals surface area contributed by atoms with Crippen LogP contribution in [0.2, 0.25) is 0 Å². The van der Waals surface area contributed by atoms with E-state index in [-0.39, 0.29) is 0 Å². The Bertz CT molecular complexity index is 594. The zero-order chi connectivity index (χ0) is 18.4. The first-order valence-electron chi connectivity index (χ1n) is 9.90. The minimum atomic E-state index is 0.548. The fourth-order valence-electron chi connectivity index (χ4n) is 3.69. The highest BCUT2D eigenvalue weighted by Crippen LogP contribution is 2.25. The van der Waals surface area contributed by atoms with E-state index in [2.05, 4.69) is 44.4 Å². The van der Waals surface area contributed by atoms with Crippen LogP contribution < -0.4 is 10.6 Å². The lowest BCUT2D eigenvalue weighted by Gasteiger charge is -2.24. The predicted molar refractivity (Wildman–Crippen MR) is 109 cm³/mol. The number of nitrogens with one attached hydrogen (secondary N) is 2. The van der Waals surface area contributed by atoms with Crippen LogP contribution in [0.5, 0.6) is 0 Å². The van der Waals surface area contributed by atoms with E-state index in [9.17, 15) is 0 Å². The molecule has 2 unspecified atom stereocenters. The van der Waals surface area contributed by atoms with Gasteiger partial charge in [0.15, 0.2) is 11.8 Å². The highest BCUT2D eigenvalue weighted by atomic mass is 32.2. The minimum absolute atomic E-state index is 0.548. The summed E-state index contributed by atoms with van der Waals surface area (Å²) < 4.78 is 2.00. The first-order valence-corrected chi connectivity index (χ1v) is 10.9. The molecule has 0 amide bonds. The average Bonchev–Trinajstić information content (AvgIpc) is 3.38. The number of rotatable bonds is 7. The normalized spacial score (nSPS) is 24.3. The monoisotopic (exact) mass is 379 g/mol. The second kappa shape index (κ2) is 9.60. The molecule has 0 radical (unpaired) electrons. The molecule has 3 heterocycles. The standard InChI is InChI=1S/C18H33N7S/c1-4-25-9-5-7-15(25)11-19-18(20-12-16-8-6-10-26-16)21-13-17-23-22-14(2)24(17)3/h15-16H,4-13H2,1-3H3,(H2,19,20,21). The summed E-state index contributed by atoms with van der Waals surface area (Å²) in [6, 6.07) is 0.616. The second-order valence-corrected chi connectivity index (χ2v) is 8.62. The highest BCUT2D eigenvalue weighted by molar-refractivity contribution is 8.00. The van der Waals surface area contributed by atoms with Crippen molar-refractivity contribution in [3.05, 3.63) is 11.6 Å². The van der Waals surface area contributed by atoms with E-state index in [1.807, 2.05) is 18.5 Å². The number of aryl methyl sites for hydroxylation is 1. The van der Waals surface area contributed by atoms with Gasteiger partial charge in [0.1, 0.15) is 12.4 Å². The molecule has 8 heteroatoms. The molecule has 26 heavy (non-hydrogen) atoms. The van der Waals surface area contributed by atoms with Gasteiger partial charge in [0.2, 0.25) is 0 Å². The molecule has 0 spiro atoms. The van der Waals surface area contributed by atoms with Gasteiger partial charge in [-0.3, -0.25) is 4.90 Å². The first kappa shape index (κ1) is 19.5. The van der Waals surface area contributed by atoms with Gasteiger partial charge in [0.05, 0.1) is 0 Å². The van der Waals surface area contributed by atoms with Crippen molar-refractivity contribution in [1.82, 2.24) is 30.3 Å². The van der Waals surface area contributed by atoms with Crippen LogP contribution in [0.1, 0.15) is 44.3 Å². The van der Waals surface area contributed by atoms with E-state index in [1.54, 1.807) is 0 Å². The Morgan fingerprint density at radius 2 is 2.08 bits per heavy atom. The SMILES string of the molecule is CCN1CCCC1CNC(=NCc1nnc(C)n1C)NCC1CCCS1. The lowest BCUT2D eigenvalue weighted by molar-refractivity contribution is 0.267. The van der Waals surface area contributed by atoms with Crippen molar-refractivity contribution in [2.45, 2.75) is 57.4 Å². The highest BCUT2D eigenvalue weighted by Gasteiger charge is 2.23. The van der Waals surface area contributed by atoms with Gasteiger partial charge in [-0.2, -0.15) is 11.8 Å². The van der Waals surface area contributed by atoms with Crippen LogP contribution in [-0.2, 0) is 13.6 Å². The Morgan fingerprint density at radius 3 is 2.77 bits per heavy atom. The molecule has 2 aliphatic heterocycles. The van der Waals surface area contributed by atoms with Crippen molar-refractivity contribution in [2.75, 3.05) is 31.9 Å². The molecule has 2 atom stereocenters. The first-order chi connectivity index (χ1) is 12.7. The Morgan fingerprint density at radius 1 is 1.23 bits per heavy atom. The Balaban J connectivity index is 1.58. The summed E-state index contributed by atoms with van der Waals surface area (Å²) in [6.07, 6.45) is 5.22. The van der Waals surface area contributed by atoms with E-state index >= 15 is 0 Å². The van der Waals surface area contributed by atoms with E-state index in [4.69, 9.17) is 4.99 Å². The third kappa shape index (κ3) is 5.13. The zero-order valence-corrected chi connectivity index (χ0v) is 17.2.